The molecule has 2 aromatic carbocycles. The number of anilines is 2. The van der Waals surface area contributed by atoms with E-state index < -0.39 is 5.41 Å². The van der Waals surface area contributed by atoms with Gasteiger partial charge in [0, 0.05) is 35.6 Å². The van der Waals surface area contributed by atoms with Crippen LogP contribution >= 0.6 is 15.9 Å². The molecule has 0 atom stereocenters. The maximum absolute atomic E-state index is 13.3. The van der Waals surface area contributed by atoms with Gasteiger partial charge in [0.1, 0.15) is 0 Å². The van der Waals surface area contributed by atoms with Crippen molar-refractivity contribution < 1.29 is 14.3 Å². The molecule has 0 saturated carbocycles. The Balaban J connectivity index is 1.72. The van der Waals surface area contributed by atoms with Crippen molar-refractivity contribution in [2.24, 2.45) is 0 Å². The van der Waals surface area contributed by atoms with Gasteiger partial charge in [0.2, 0.25) is 5.91 Å². The Labute approximate surface area is 178 Å². The fourth-order valence-electron chi connectivity index (χ4n) is 3.36. The summed E-state index contributed by atoms with van der Waals surface area (Å²) in [6, 6.07) is 14.6. The maximum atomic E-state index is 13.3. The minimum atomic E-state index is -0.625. The van der Waals surface area contributed by atoms with Gasteiger partial charge < -0.3 is 20.7 Å². The standard InChI is InChI=1S/C22H24BrN3O3/c1-2-13-24-21(28)26-19-9-7-18(8-10-19)25-20(27)22(11-14-29-15-12-22)16-3-5-17(23)6-4-16/h2-10H,1,11-15H2,(H,25,27)(H2,24,26,28). The van der Waals surface area contributed by atoms with Gasteiger partial charge in [0.15, 0.2) is 0 Å². The molecule has 0 spiro atoms. The van der Waals surface area contributed by atoms with Crippen molar-refractivity contribution in [2.45, 2.75) is 18.3 Å². The van der Waals surface area contributed by atoms with Crippen LogP contribution in [-0.2, 0) is 14.9 Å². The smallest absolute Gasteiger partial charge is 0.319 e. The monoisotopic (exact) mass is 457 g/mol. The molecule has 1 aliphatic heterocycles. The summed E-state index contributed by atoms with van der Waals surface area (Å²) in [7, 11) is 0. The summed E-state index contributed by atoms with van der Waals surface area (Å²) in [5.41, 5.74) is 1.67. The molecule has 152 valence electrons. The van der Waals surface area contributed by atoms with Crippen LogP contribution in [0.2, 0.25) is 0 Å². The van der Waals surface area contributed by atoms with E-state index in [9.17, 15) is 9.59 Å². The van der Waals surface area contributed by atoms with Gasteiger partial charge in [-0.3, -0.25) is 4.79 Å². The summed E-state index contributed by atoms with van der Waals surface area (Å²) >= 11 is 3.45. The fraction of sp³-hybridized carbons (Fsp3) is 0.273. The Hall–Kier alpha value is -2.64. The first-order chi connectivity index (χ1) is 14.0. The van der Waals surface area contributed by atoms with Crippen LogP contribution in [0.15, 0.2) is 65.7 Å². The summed E-state index contributed by atoms with van der Waals surface area (Å²) in [6.45, 7) is 5.04. The number of nitrogens with one attached hydrogen (secondary N) is 3. The fourth-order valence-corrected chi connectivity index (χ4v) is 3.63. The van der Waals surface area contributed by atoms with E-state index in [1.807, 2.05) is 24.3 Å². The van der Waals surface area contributed by atoms with Gasteiger partial charge >= 0.3 is 6.03 Å². The average Bonchev–Trinajstić information content (AvgIpc) is 2.74. The summed E-state index contributed by atoms with van der Waals surface area (Å²) in [5.74, 6) is -0.0486. The van der Waals surface area contributed by atoms with Crippen molar-refractivity contribution in [1.82, 2.24) is 5.32 Å². The first-order valence-corrected chi connectivity index (χ1v) is 10.2. The minimum absolute atomic E-state index is 0.0486. The van der Waals surface area contributed by atoms with Crippen molar-refractivity contribution in [3.63, 3.8) is 0 Å². The first kappa shape index (κ1) is 21.1. The number of benzene rings is 2. The normalized spacial score (nSPS) is 15.2. The van der Waals surface area contributed by atoms with Crippen LogP contribution < -0.4 is 16.0 Å². The molecule has 3 amide bonds. The Morgan fingerprint density at radius 2 is 1.59 bits per heavy atom. The van der Waals surface area contributed by atoms with Crippen LogP contribution in [0.3, 0.4) is 0 Å². The van der Waals surface area contributed by atoms with Gasteiger partial charge in [-0.05, 0) is 54.8 Å². The quantitative estimate of drug-likeness (QED) is 0.560. The number of hydrogen-bond donors (Lipinski definition) is 3. The third-order valence-corrected chi connectivity index (χ3v) is 5.51. The third kappa shape index (κ3) is 5.25. The summed E-state index contributed by atoms with van der Waals surface area (Å²) in [6.07, 6.45) is 2.86. The second-order valence-corrected chi connectivity index (χ2v) is 7.77. The maximum Gasteiger partial charge on any atom is 0.319 e. The first-order valence-electron chi connectivity index (χ1n) is 9.44. The Morgan fingerprint density at radius 3 is 2.17 bits per heavy atom. The molecule has 0 radical (unpaired) electrons. The molecule has 1 fully saturated rings. The highest BCUT2D eigenvalue weighted by Crippen LogP contribution is 2.36. The van der Waals surface area contributed by atoms with Gasteiger partial charge in [0.05, 0.1) is 5.41 Å². The lowest BCUT2D eigenvalue weighted by atomic mass is 9.73. The zero-order valence-electron chi connectivity index (χ0n) is 16.0. The van der Waals surface area contributed by atoms with Crippen LogP contribution in [-0.4, -0.2) is 31.7 Å². The number of urea groups is 1. The largest absolute Gasteiger partial charge is 0.381 e. The van der Waals surface area contributed by atoms with Gasteiger partial charge in [-0.25, -0.2) is 4.79 Å². The summed E-state index contributed by atoms with van der Waals surface area (Å²) in [5, 5.41) is 8.41. The number of hydrogen-bond acceptors (Lipinski definition) is 3. The van der Waals surface area contributed by atoms with Gasteiger partial charge in [-0.2, -0.15) is 0 Å². The van der Waals surface area contributed by atoms with E-state index in [0.717, 1.165) is 10.0 Å². The third-order valence-electron chi connectivity index (χ3n) is 4.99. The van der Waals surface area contributed by atoms with Crippen molar-refractivity contribution in [1.29, 1.82) is 0 Å². The zero-order chi connectivity index (χ0) is 20.7. The second kappa shape index (κ2) is 9.71. The molecular formula is C22H24BrN3O3. The number of halogens is 1. The summed E-state index contributed by atoms with van der Waals surface area (Å²) < 4.78 is 6.49. The van der Waals surface area contributed by atoms with Crippen LogP contribution in [0.5, 0.6) is 0 Å². The van der Waals surface area contributed by atoms with Crippen molar-refractivity contribution in [2.75, 3.05) is 30.4 Å². The predicted octanol–water partition coefficient (Wildman–Crippen LogP) is 4.44. The number of rotatable bonds is 6. The molecule has 0 bridgehead atoms. The van der Waals surface area contributed by atoms with Crippen LogP contribution in [0, 0.1) is 0 Å². The highest BCUT2D eigenvalue weighted by Gasteiger charge is 2.41. The van der Waals surface area contributed by atoms with Gasteiger partial charge in [0.25, 0.3) is 0 Å². The van der Waals surface area contributed by atoms with Crippen LogP contribution in [0.1, 0.15) is 18.4 Å². The number of carbonyl (C=O) groups is 2. The van der Waals surface area contributed by atoms with Crippen LogP contribution in [0.4, 0.5) is 16.2 Å². The van der Waals surface area contributed by atoms with Crippen molar-refractivity contribution in [3.8, 4) is 0 Å². The molecule has 1 heterocycles. The molecule has 0 unspecified atom stereocenters. The Kier molecular flexibility index (Phi) is 7.06. The molecule has 2 aromatic rings. The number of amides is 3. The van der Waals surface area contributed by atoms with Crippen molar-refractivity contribution in [3.05, 3.63) is 71.2 Å². The molecule has 0 aromatic heterocycles. The number of carbonyl (C=O) groups excluding carboxylic acids is 2. The molecule has 1 saturated heterocycles. The van der Waals surface area contributed by atoms with E-state index in [1.54, 1.807) is 30.3 Å². The highest BCUT2D eigenvalue weighted by atomic mass is 79.9. The Morgan fingerprint density at radius 1 is 1.00 bits per heavy atom. The molecule has 29 heavy (non-hydrogen) atoms. The lowest BCUT2D eigenvalue weighted by molar-refractivity contribution is -0.125. The molecule has 3 rings (SSSR count). The molecular weight excluding hydrogens is 434 g/mol. The van der Waals surface area contributed by atoms with Crippen LogP contribution in [0.25, 0.3) is 0 Å². The van der Waals surface area contributed by atoms with E-state index in [2.05, 4.69) is 38.5 Å². The Bertz CT molecular complexity index is 860. The van der Waals surface area contributed by atoms with E-state index in [-0.39, 0.29) is 11.9 Å². The van der Waals surface area contributed by atoms with Crippen molar-refractivity contribution >= 4 is 39.2 Å². The molecule has 7 heteroatoms. The van der Waals surface area contributed by atoms with E-state index in [4.69, 9.17) is 4.74 Å². The highest BCUT2D eigenvalue weighted by molar-refractivity contribution is 9.10. The topological polar surface area (TPSA) is 79.5 Å². The average molecular weight is 458 g/mol. The van der Waals surface area contributed by atoms with E-state index >= 15 is 0 Å². The van der Waals surface area contributed by atoms with E-state index in [1.165, 1.54) is 0 Å². The minimum Gasteiger partial charge on any atom is -0.381 e. The lowest BCUT2D eigenvalue weighted by Gasteiger charge is -2.36. The van der Waals surface area contributed by atoms with E-state index in [0.29, 0.717) is 44.0 Å². The summed E-state index contributed by atoms with van der Waals surface area (Å²) in [4.78, 5) is 25.0. The second-order valence-electron chi connectivity index (χ2n) is 6.86. The predicted molar refractivity (Wildman–Crippen MR) is 118 cm³/mol. The SMILES string of the molecule is C=CCNC(=O)Nc1ccc(NC(=O)C2(c3ccc(Br)cc3)CCOCC2)cc1. The molecule has 1 aliphatic rings. The van der Waals surface area contributed by atoms with Gasteiger partial charge in [-0.1, -0.05) is 34.1 Å². The molecule has 3 N–H and O–H groups in total. The number of ether oxygens (including phenoxy) is 1. The van der Waals surface area contributed by atoms with Gasteiger partial charge in [-0.15, -0.1) is 6.58 Å². The molecule has 0 aliphatic carbocycles. The lowest BCUT2D eigenvalue weighted by Crippen LogP contribution is -2.44. The molecule has 6 nitrogen and oxygen atoms in total. The zero-order valence-corrected chi connectivity index (χ0v) is 17.6.